The van der Waals surface area contributed by atoms with Crippen LogP contribution in [0.15, 0.2) is 0 Å². The molecule has 1 rings (SSSR count). The van der Waals surface area contributed by atoms with Gasteiger partial charge in [0.05, 0.1) is 0 Å². The van der Waals surface area contributed by atoms with Gasteiger partial charge < -0.3 is 5.32 Å². The molecule has 0 aliphatic carbocycles. The van der Waals surface area contributed by atoms with E-state index in [-0.39, 0.29) is 23.8 Å². The molecule has 1 heterocycles. The van der Waals surface area contributed by atoms with Crippen LogP contribution in [0.3, 0.4) is 0 Å². The Kier molecular flexibility index (Phi) is 4.27. The number of carbonyl (C=O) groups excluding carboxylic acids is 2. The average molecular weight is 212 g/mol. The van der Waals surface area contributed by atoms with Crippen molar-refractivity contribution in [2.24, 2.45) is 5.92 Å². The van der Waals surface area contributed by atoms with Crippen molar-refractivity contribution in [3.8, 4) is 0 Å². The average Bonchev–Trinajstić information content (AvgIpc) is 2.11. The Balaban J connectivity index is 2.53. The monoisotopic (exact) mass is 212 g/mol. The topological polar surface area (TPSA) is 49.4 Å². The summed E-state index contributed by atoms with van der Waals surface area (Å²) in [4.78, 5) is 24.7. The molecule has 15 heavy (non-hydrogen) atoms. The Morgan fingerprint density at radius 2 is 1.93 bits per heavy atom. The predicted molar refractivity (Wildman–Crippen MR) is 58.3 cm³/mol. The van der Waals surface area contributed by atoms with Gasteiger partial charge in [0.2, 0.25) is 11.8 Å². The number of piperidine rings is 1. The summed E-state index contributed by atoms with van der Waals surface area (Å²) in [6.07, 6.45) is 1.01. The fourth-order valence-electron chi connectivity index (χ4n) is 1.92. The van der Waals surface area contributed by atoms with E-state index in [4.69, 9.17) is 0 Å². The number of imide groups is 1. The van der Waals surface area contributed by atoms with E-state index in [0.717, 1.165) is 6.54 Å². The molecule has 0 aromatic carbocycles. The first kappa shape index (κ1) is 12.2. The molecule has 0 saturated carbocycles. The van der Waals surface area contributed by atoms with Crippen molar-refractivity contribution >= 4 is 11.8 Å². The van der Waals surface area contributed by atoms with E-state index in [0.29, 0.717) is 19.4 Å². The first-order chi connectivity index (χ1) is 7.04. The van der Waals surface area contributed by atoms with Gasteiger partial charge in [-0.05, 0) is 19.4 Å². The summed E-state index contributed by atoms with van der Waals surface area (Å²) in [5.74, 6) is 0.155. The first-order valence-electron chi connectivity index (χ1n) is 5.61. The van der Waals surface area contributed by atoms with Crippen LogP contribution in [0.5, 0.6) is 0 Å². The van der Waals surface area contributed by atoms with Gasteiger partial charge in [-0.15, -0.1) is 0 Å². The number of amides is 2. The SMILES string of the molecule is CCNC(C)CN1C(=O)CC(C)CC1=O. The van der Waals surface area contributed by atoms with Gasteiger partial charge in [0, 0.05) is 25.4 Å². The zero-order valence-electron chi connectivity index (χ0n) is 9.75. The smallest absolute Gasteiger partial charge is 0.229 e. The van der Waals surface area contributed by atoms with Crippen molar-refractivity contribution in [1.82, 2.24) is 10.2 Å². The molecule has 1 fully saturated rings. The Morgan fingerprint density at radius 3 is 2.40 bits per heavy atom. The van der Waals surface area contributed by atoms with Gasteiger partial charge in [0.25, 0.3) is 0 Å². The molecule has 1 saturated heterocycles. The minimum absolute atomic E-state index is 0.0245. The molecule has 1 atom stereocenters. The van der Waals surface area contributed by atoms with Crippen molar-refractivity contribution < 1.29 is 9.59 Å². The van der Waals surface area contributed by atoms with Crippen LogP contribution >= 0.6 is 0 Å². The van der Waals surface area contributed by atoms with Gasteiger partial charge in [-0.25, -0.2) is 0 Å². The summed E-state index contributed by atoms with van der Waals surface area (Å²) in [6.45, 7) is 7.30. The van der Waals surface area contributed by atoms with E-state index in [9.17, 15) is 9.59 Å². The first-order valence-corrected chi connectivity index (χ1v) is 5.61. The van der Waals surface area contributed by atoms with E-state index in [1.807, 2.05) is 20.8 Å². The van der Waals surface area contributed by atoms with Crippen molar-refractivity contribution in [3.63, 3.8) is 0 Å². The molecule has 2 amide bonds. The molecule has 0 aromatic rings. The fraction of sp³-hybridized carbons (Fsp3) is 0.818. The Bertz CT molecular complexity index is 235. The molecule has 4 nitrogen and oxygen atoms in total. The van der Waals surface area contributed by atoms with Crippen LogP contribution < -0.4 is 5.32 Å². The van der Waals surface area contributed by atoms with E-state index in [2.05, 4.69) is 5.32 Å². The lowest BCUT2D eigenvalue weighted by Gasteiger charge is -2.30. The third kappa shape index (κ3) is 3.30. The van der Waals surface area contributed by atoms with Crippen molar-refractivity contribution in [3.05, 3.63) is 0 Å². The second kappa shape index (κ2) is 5.26. The number of likely N-dealkylation sites (tertiary alicyclic amines) is 1. The number of likely N-dealkylation sites (N-methyl/N-ethyl adjacent to an activating group) is 1. The van der Waals surface area contributed by atoms with E-state index in [1.54, 1.807) is 0 Å². The van der Waals surface area contributed by atoms with Crippen LogP contribution in [0.2, 0.25) is 0 Å². The lowest BCUT2D eigenvalue weighted by Crippen LogP contribution is -2.48. The molecule has 0 spiro atoms. The lowest BCUT2D eigenvalue weighted by atomic mass is 9.97. The van der Waals surface area contributed by atoms with Gasteiger partial charge >= 0.3 is 0 Å². The van der Waals surface area contributed by atoms with Crippen molar-refractivity contribution in [2.75, 3.05) is 13.1 Å². The molecule has 0 radical (unpaired) electrons. The molecule has 1 aliphatic heterocycles. The summed E-state index contributed by atoms with van der Waals surface area (Å²) >= 11 is 0. The summed E-state index contributed by atoms with van der Waals surface area (Å²) in [6, 6.07) is 0.177. The van der Waals surface area contributed by atoms with Crippen LogP contribution in [0.1, 0.15) is 33.6 Å². The summed E-state index contributed by atoms with van der Waals surface area (Å²) in [5, 5.41) is 3.20. The van der Waals surface area contributed by atoms with Gasteiger partial charge in [-0.3, -0.25) is 14.5 Å². The highest BCUT2D eigenvalue weighted by Crippen LogP contribution is 2.18. The number of carbonyl (C=O) groups is 2. The molecule has 0 bridgehead atoms. The maximum atomic E-state index is 11.6. The Hall–Kier alpha value is -0.900. The number of nitrogens with zero attached hydrogens (tertiary/aromatic N) is 1. The lowest BCUT2D eigenvalue weighted by molar-refractivity contribution is -0.150. The van der Waals surface area contributed by atoms with E-state index < -0.39 is 0 Å². The molecule has 86 valence electrons. The highest BCUT2D eigenvalue weighted by atomic mass is 16.2. The fourth-order valence-corrected chi connectivity index (χ4v) is 1.92. The minimum atomic E-state index is -0.0245. The van der Waals surface area contributed by atoms with Crippen molar-refractivity contribution in [2.45, 2.75) is 39.7 Å². The standard InChI is InChI=1S/C11H20N2O2/c1-4-12-9(3)7-13-10(14)5-8(2)6-11(13)15/h8-9,12H,4-7H2,1-3H3. The zero-order chi connectivity index (χ0) is 11.4. The molecule has 1 aliphatic rings. The normalized spacial score (nSPS) is 20.9. The Morgan fingerprint density at radius 1 is 1.40 bits per heavy atom. The predicted octanol–water partition coefficient (Wildman–Crippen LogP) is 0.769. The van der Waals surface area contributed by atoms with Crippen LogP contribution in [0.4, 0.5) is 0 Å². The van der Waals surface area contributed by atoms with Crippen LogP contribution in [0.25, 0.3) is 0 Å². The number of hydrogen-bond donors (Lipinski definition) is 1. The maximum absolute atomic E-state index is 11.6. The maximum Gasteiger partial charge on any atom is 0.229 e. The largest absolute Gasteiger partial charge is 0.313 e. The van der Waals surface area contributed by atoms with Gasteiger partial charge in [-0.2, -0.15) is 0 Å². The van der Waals surface area contributed by atoms with E-state index >= 15 is 0 Å². The number of hydrogen-bond acceptors (Lipinski definition) is 3. The van der Waals surface area contributed by atoms with Crippen LogP contribution in [0, 0.1) is 5.92 Å². The number of nitrogens with one attached hydrogen (secondary N) is 1. The van der Waals surface area contributed by atoms with Crippen molar-refractivity contribution in [1.29, 1.82) is 0 Å². The molecule has 1 N–H and O–H groups in total. The molecular formula is C11H20N2O2. The summed E-state index contributed by atoms with van der Waals surface area (Å²) in [7, 11) is 0. The number of rotatable bonds is 4. The Labute approximate surface area is 91.0 Å². The minimum Gasteiger partial charge on any atom is -0.313 e. The summed E-state index contributed by atoms with van der Waals surface area (Å²) in [5.41, 5.74) is 0. The van der Waals surface area contributed by atoms with Gasteiger partial charge in [0.1, 0.15) is 0 Å². The highest BCUT2D eigenvalue weighted by molar-refractivity contribution is 5.97. The third-order valence-corrected chi connectivity index (χ3v) is 2.66. The molecule has 4 heteroatoms. The molecular weight excluding hydrogens is 192 g/mol. The third-order valence-electron chi connectivity index (χ3n) is 2.66. The van der Waals surface area contributed by atoms with Crippen LogP contribution in [-0.4, -0.2) is 35.8 Å². The summed E-state index contributed by atoms with van der Waals surface area (Å²) < 4.78 is 0. The zero-order valence-corrected chi connectivity index (χ0v) is 9.75. The van der Waals surface area contributed by atoms with Crippen LogP contribution in [-0.2, 0) is 9.59 Å². The van der Waals surface area contributed by atoms with Gasteiger partial charge in [0.15, 0.2) is 0 Å². The molecule has 0 aromatic heterocycles. The second-order valence-electron chi connectivity index (χ2n) is 4.37. The highest BCUT2D eigenvalue weighted by Gasteiger charge is 2.30. The van der Waals surface area contributed by atoms with Gasteiger partial charge in [-0.1, -0.05) is 13.8 Å². The quantitative estimate of drug-likeness (QED) is 0.700. The van der Waals surface area contributed by atoms with E-state index in [1.165, 1.54) is 4.90 Å². The second-order valence-corrected chi connectivity index (χ2v) is 4.37. The molecule has 1 unspecified atom stereocenters.